The van der Waals surface area contributed by atoms with Crippen LogP contribution in [0.25, 0.3) is 0 Å². The summed E-state index contributed by atoms with van der Waals surface area (Å²) in [4.78, 5) is 13.0. The van der Waals surface area contributed by atoms with E-state index in [1.54, 1.807) is 6.08 Å². The van der Waals surface area contributed by atoms with Gasteiger partial charge in [-0.25, -0.2) is 0 Å². The Bertz CT molecular complexity index is 1540. The zero-order valence-corrected chi connectivity index (χ0v) is 45.4. The highest BCUT2D eigenvalue weighted by Crippen LogP contribution is 2.23. The molecule has 1 saturated heterocycles. The van der Waals surface area contributed by atoms with Crippen LogP contribution in [0.3, 0.4) is 0 Å². The highest BCUT2D eigenvalue weighted by Gasteiger charge is 2.44. The molecule has 1 rings (SSSR count). The fraction of sp³-hybridized carbons (Fsp3) is 0.667. The number of aliphatic hydroxyl groups is 5. The number of aliphatic hydroxyl groups excluding tert-OH is 5. The zero-order valence-electron chi connectivity index (χ0n) is 45.4. The van der Waals surface area contributed by atoms with Gasteiger partial charge in [0.1, 0.15) is 24.4 Å². The Balaban J connectivity index is 2.17. The molecule has 0 radical (unpaired) electrons. The average molecular weight is 1000 g/mol. The number of unbranched alkanes of at least 4 members (excludes halogenated alkanes) is 19. The summed E-state index contributed by atoms with van der Waals surface area (Å²) >= 11 is 0. The highest BCUT2D eigenvalue weighted by atomic mass is 16.7. The minimum Gasteiger partial charge on any atom is -0.394 e. The van der Waals surface area contributed by atoms with Gasteiger partial charge in [0.25, 0.3) is 0 Å². The Hall–Kier alpha value is -3.41. The Kier molecular flexibility index (Phi) is 47.3. The monoisotopic (exact) mass is 1000 g/mol. The van der Waals surface area contributed by atoms with Crippen LogP contribution >= 0.6 is 0 Å². The van der Waals surface area contributed by atoms with Crippen molar-refractivity contribution >= 4 is 5.91 Å². The Labute approximate surface area is 439 Å². The summed E-state index contributed by atoms with van der Waals surface area (Å²) in [5, 5.41) is 54.4. The van der Waals surface area contributed by atoms with Gasteiger partial charge in [0, 0.05) is 6.42 Å². The second-order valence-corrected chi connectivity index (χ2v) is 19.3. The molecule has 6 N–H and O–H groups in total. The van der Waals surface area contributed by atoms with Crippen LogP contribution in [0.4, 0.5) is 0 Å². The molecule has 1 aliphatic heterocycles. The van der Waals surface area contributed by atoms with Gasteiger partial charge in [-0.1, -0.05) is 225 Å². The van der Waals surface area contributed by atoms with Gasteiger partial charge in [0.05, 0.1) is 25.4 Å². The van der Waals surface area contributed by atoms with Gasteiger partial charge in [0.2, 0.25) is 5.91 Å². The Morgan fingerprint density at radius 2 is 0.875 bits per heavy atom. The summed E-state index contributed by atoms with van der Waals surface area (Å²) in [7, 11) is 0. The molecule has 0 aliphatic carbocycles. The first-order valence-corrected chi connectivity index (χ1v) is 28.8. The molecule has 9 nitrogen and oxygen atoms in total. The summed E-state index contributed by atoms with van der Waals surface area (Å²) in [5.74, 6) is -0.198. The zero-order chi connectivity index (χ0) is 52.2. The highest BCUT2D eigenvalue weighted by molar-refractivity contribution is 5.76. The van der Waals surface area contributed by atoms with E-state index in [0.29, 0.717) is 6.42 Å². The number of nitrogens with one attached hydrogen (secondary N) is 1. The SMILES string of the molecule is CC/C=C\C/C=C\C/C=C\C/C=C\C/C=C\C/C=C\C/C=C\CCCCCCCCCCCCCCCC(=O)NC(COC1OC(CO)C(O)C(O)C1O)C(O)/C=C/CC/C=C/CC/C=C/CCCCCC. The average Bonchev–Trinajstić information content (AvgIpc) is 3.38. The molecule has 0 bridgehead atoms. The van der Waals surface area contributed by atoms with Gasteiger partial charge in [-0.15, -0.1) is 0 Å². The molecule has 0 aromatic heterocycles. The van der Waals surface area contributed by atoms with Crippen molar-refractivity contribution in [1.82, 2.24) is 5.32 Å². The normalized spacial score (nSPS) is 20.1. The summed E-state index contributed by atoms with van der Waals surface area (Å²) < 4.78 is 11.2. The summed E-state index contributed by atoms with van der Waals surface area (Å²) in [5.41, 5.74) is 0. The van der Waals surface area contributed by atoms with Gasteiger partial charge in [-0.3, -0.25) is 4.79 Å². The molecule has 0 saturated carbocycles. The quantitative estimate of drug-likeness (QED) is 0.0261. The van der Waals surface area contributed by atoms with Crippen LogP contribution < -0.4 is 5.32 Å². The molecule has 9 heteroatoms. The number of rotatable bonds is 47. The third-order valence-corrected chi connectivity index (χ3v) is 12.7. The van der Waals surface area contributed by atoms with Crippen LogP contribution in [0.2, 0.25) is 0 Å². The van der Waals surface area contributed by atoms with Crippen molar-refractivity contribution in [2.45, 2.75) is 256 Å². The fourth-order valence-corrected chi connectivity index (χ4v) is 8.23. The van der Waals surface area contributed by atoms with Crippen molar-refractivity contribution in [2.24, 2.45) is 0 Å². The van der Waals surface area contributed by atoms with Gasteiger partial charge < -0.3 is 40.3 Å². The van der Waals surface area contributed by atoms with Crippen molar-refractivity contribution in [3.05, 3.63) is 122 Å². The topological polar surface area (TPSA) is 149 Å². The van der Waals surface area contributed by atoms with Crippen LogP contribution in [0.15, 0.2) is 122 Å². The number of carbonyl (C=O) groups is 1. The first kappa shape index (κ1) is 66.6. The van der Waals surface area contributed by atoms with E-state index in [2.05, 4.69) is 129 Å². The Morgan fingerprint density at radius 3 is 1.33 bits per heavy atom. The van der Waals surface area contributed by atoms with E-state index < -0.39 is 49.5 Å². The molecular formula is C63H105NO8. The predicted molar refractivity (Wildman–Crippen MR) is 304 cm³/mol. The number of carbonyl (C=O) groups excluding carboxylic acids is 1. The summed E-state index contributed by atoms with van der Waals surface area (Å²) in [6.07, 6.45) is 69.8. The lowest BCUT2D eigenvalue weighted by Crippen LogP contribution is -2.60. The van der Waals surface area contributed by atoms with Crippen LogP contribution in [0, 0.1) is 0 Å². The molecular weight excluding hydrogens is 899 g/mol. The molecule has 1 amide bonds. The van der Waals surface area contributed by atoms with Crippen LogP contribution in [0.5, 0.6) is 0 Å². The first-order valence-electron chi connectivity index (χ1n) is 28.8. The lowest BCUT2D eigenvalue weighted by molar-refractivity contribution is -0.302. The van der Waals surface area contributed by atoms with Crippen LogP contribution in [-0.2, 0) is 14.3 Å². The molecule has 410 valence electrons. The van der Waals surface area contributed by atoms with E-state index in [4.69, 9.17) is 9.47 Å². The van der Waals surface area contributed by atoms with Crippen LogP contribution in [-0.4, -0.2) is 87.5 Å². The second kappa shape index (κ2) is 51.1. The van der Waals surface area contributed by atoms with Crippen molar-refractivity contribution in [1.29, 1.82) is 0 Å². The molecule has 0 aromatic carbocycles. The lowest BCUT2D eigenvalue weighted by atomic mass is 9.99. The predicted octanol–water partition coefficient (Wildman–Crippen LogP) is 14.3. The van der Waals surface area contributed by atoms with Crippen molar-refractivity contribution in [2.75, 3.05) is 13.2 Å². The maximum Gasteiger partial charge on any atom is 0.220 e. The van der Waals surface area contributed by atoms with Crippen molar-refractivity contribution in [3.63, 3.8) is 0 Å². The van der Waals surface area contributed by atoms with E-state index in [1.165, 1.54) is 96.3 Å². The summed E-state index contributed by atoms with van der Waals surface area (Å²) in [6.45, 7) is 3.60. The molecule has 0 aromatic rings. The van der Waals surface area contributed by atoms with Crippen molar-refractivity contribution in [3.8, 4) is 0 Å². The molecule has 7 atom stereocenters. The summed E-state index contributed by atoms with van der Waals surface area (Å²) in [6, 6.07) is -0.835. The minimum absolute atomic E-state index is 0.198. The van der Waals surface area contributed by atoms with E-state index in [1.807, 2.05) is 6.08 Å². The molecule has 1 aliphatic rings. The molecule has 72 heavy (non-hydrogen) atoms. The molecule has 7 unspecified atom stereocenters. The second-order valence-electron chi connectivity index (χ2n) is 19.3. The largest absolute Gasteiger partial charge is 0.394 e. The van der Waals surface area contributed by atoms with E-state index in [0.717, 1.165) is 96.3 Å². The van der Waals surface area contributed by atoms with E-state index in [9.17, 15) is 30.3 Å². The number of hydrogen-bond donors (Lipinski definition) is 6. The third kappa shape index (κ3) is 40.0. The fourth-order valence-electron chi connectivity index (χ4n) is 8.23. The third-order valence-electron chi connectivity index (χ3n) is 12.7. The van der Waals surface area contributed by atoms with Gasteiger partial charge in [-0.05, 0) is 103 Å². The number of hydrogen-bond acceptors (Lipinski definition) is 8. The number of allylic oxidation sites excluding steroid dienone is 19. The molecule has 1 fully saturated rings. The van der Waals surface area contributed by atoms with Gasteiger partial charge >= 0.3 is 0 Å². The maximum absolute atomic E-state index is 13.0. The maximum atomic E-state index is 13.0. The number of ether oxygens (including phenoxy) is 2. The standard InChI is InChI=1S/C63H105NO8/c1-3-5-7-9-11-13-15-17-19-20-21-22-23-24-25-26-27-28-29-30-31-32-33-34-35-36-37-38-39-41-43-45-47-49-51-53-59(67)64-56(55-71-63-62(70)61(69)60(68)58(54-65)72-63)57(66)52-50-48-46-44-42-40-18-16-14-12-10-8-6-4-2/h5,7,11,13-14,16-17,19,21-22,24-25,27-28,30-31,42,44,50,52,56-58,60-63,65-66,68-70H,3-4,6,8-10,12,15,18,20,23,26,29,32-41,43,45-49,51,53-55H2,1-2H3,(H,64,67)/b7-5-,13-11-,16-14+,19-17-,22-21-,25-24-,28-27-,31-30-,44-42+,52-50+. The molecule has 1 heterocycles. The van der Waals surface area contributed by atoms with Crippen LogP contribution in [0.1, 0.15) is 213 Å². The number of amides is 1. The smallest absolute Gasteiger partial charge is 0.220 e. The first-order chi connectivity index (χ1) is 35.3. The van der Waals surface area contributed by atoms with Gasteiger partial charge in [-0.2, -0.15) is 0 Å². The Morgan fingerprint density at radius 1 is 0.486 bits per heavy atom. The van der Waals surface area contributed by atoms with E-state index >= 15 is 0 Å². The lowest BCUT2D eigenvalue weighted by Gasteiger charge is -2.40. The molecule has 0 spiro atoms. The van der Waals surface area contributed by atoms with Crippen molar-refractivity contribution < 1.29 is 39.8 Å². The van der Waals surface area contributed by atoms with Gasteiger partial charge in [0.15, 0.2) is 6.29 Å². The minimum atomic E-state index is -1.58. The van der Waals surface area contributed by atoms with E-state index in [-0.39, 0.29) is 12.5 Å².